The molecule has 3 aromatic carbocycles. The molecule has 5 heteroatoms. The minimum Gasteiger partial charge on any atom is -0.403 e. The Morgan fingerprint density at radius 1 is 0.833 bits per heavy atom. The molecule has 0 fully saturated rings. The molecule has 0 aliphatic heterocycles. The van der Waals surface area contributed by atoms with Crippen molar-refractivity contribution >= 4 is 18.7 Å². The molecule has 42 heavy (non-hydrogen) atoms. The van der Waals surface area contributed by atoms with Crippen LogP contribution in [0, 0.1) is 5.82 Å². The highest BCUT2D eigenvalue weighted by molar-refractivity contribution is 6.99. The molecule has 0 saturated heterocycles. The van der Waals surface area contributed by atoms with E-state index in [1.54, 1.807) is 0 Å². The van der Waals surface area contributed by atoms with Crippen LogP contribution in [-0.4, -0.2) is 18.4 Å². The van der Waals surface area contributed by atoms with Crippen LogP contribution in [0.25, 0.3) is 11.1 Å². The van der Waals surface area contributed by atoms with E-state index in [-0.39, 0.29) is 23.4 Å². The molecule has 0 radical (unpaired) electrons. The molecule has 222 valence electrons. The number of aliphatic hydroxyl groups is 1. The lowest BCUT2D eigenvalue weighted by molar-refractivity contribution is 0.272. The van der Waals surface area contributed by atoms with E-state index >= 15 is 0 Å². The second kappa shape index (κ2) is 13.9. The summed E-state index contributed by atoms with van der Waals surface area (Å²) in [6, 6.07) is 28.1. The molecule has 0 aliphatic rings. The van der Waals surface area contributed by atoms with Crippen molar-refractivity contribution in [2.45, 2.75) is 91.4 Å². The van der Waals surface area contributed by atoms with Gasteiger partial charge in [-0.15, -0.1) is 0 Å². The molecular weight excluding hydrogens is 537 g/mol. The molecule has 4 rings (SSSR count). The third-order valence-electron chi connectivity index (χ3n) is 8.23. The van der Waals surface area contributed by atoms with Crippen molar-refractivity contribution in [1.29, 1.82) is 0 Å². The molecule has 0 bridgehead atoms. The second-order valence-electron chi connectivity index (χ2n) is 12.5. The van der Waals surface area contributed by atoms with Crippen LogP contribution in [0.2, 0.25) is 5.04 Å². The van der Waals surface area contributed by atoms with Gasteiger partial charge in [-0.05, 0) is 63.0 Å². The first-order valence-corrected chi connectivity index (χ1v) is 17.2. The van der Waals surface area contributed by atoms with Crippen LogP contribution in [-0.2, 0) is 24.1 Å². The van der Waals surface area contributed by atoms with Crippen molar-refractivity contribution in [1.82, 2.24) is 4.98 Å². The van der Waals surface area contributed by atoms with Gasteiger partial charge in [0, 0.05) is 11.3 Å². The lowest BCUT2D eigenvalue weighted by Crippen LogP contribution is -2.66. The van der Waals surface area contributed by atoms with Gasteiger partial charge in [-0.25, -0.2) is 4.39 Å². The summed E-state index contributed by atoms with van der Waals surface area (Å²) in [4.78, 5) is 5.09. The van der Waals surface area contributed by atoms with Gasteiger partial charge in [-0.3, -0.25) is 4.98 Å². The Labute approximate surface area is 253 Å². The third kappa shape index (κ3) is 6.59. The van der Waals surface area contributed by atoms with Gasteiger partial charge in [0.2, 0.25) is 0 Å². The molecule has 4 aromatic rings. The number of benzene rings is 3. The largest absolute Gasteiger partial charge is 0.403 e. The predicted octanol–water partition coefficient (Wildman–Crippen LogP) is 8.31. The summed E-state index contributed by atoms with van der Waals surface area (Å²) in [5.74, 6) is -0.158. The summed E-state index contributed by atoms with van der Waals surface area (Å²) in [5.41, 5.74) is 5.69. The average molecular weight is 584 g/mol. The third-order valence-corrected chi connectivity index (χ3v) is 13.2. The fourth-order valence-electron chi connectivity index (χ4n) is 6.22. The van der Waals surface area contributed by atoms with E-state index in [0.717, 1.165) is 53.6 Å². The molecule has 0 spiro atoms. The number of aliphatic hydroxyl groups excluding tert-OH is 1. The normalized spacial score (nSPS) is 12.2. The van der Waals surface area contributed by atoms with E-state index in [1.165, 1.54) is 22.5 Å². The van der Waals surface area contributed by atoms with Crippen molar-refractivity contribution in [3.63, 3.8) is 0 Å². The predicted molar refractivity (Wildman–Crippen MR) is 175 cm³/mol. The minimum atomic E-state index is -2.83. The number of aromatic nitrogens is 1. The Morgan fingerprint density at radius 2 is 1.40 bits per heavy atom. The lowest BCUT2D eigenvalue weighted by Gasteiger charge is -2.43. The SMILES string of the molecule is CCCCCc1c(CO)nc(C(C)C)c(CO[Si](c2ccccc2)(c2ccccc2)C(C)(C)C)c1-c1ccc(F)cc1. The van der Waals surface area contributed by atoms with Crippen molar-refractivity contribution in [2.75, 3.05) is 0 Å². The van der Waals surface area contributed by atoms with Gasteiger partial charge in [0.15, 0.2) is 0 Å². The molecule has 1 N–H and O–H groups in total. The molecule has 0 amide bonds. The maximum Gasteiger partial charge on any atom is 0.261 e. The Bertz CT molecular complexity index is 1390. The van der Waals surface area contributed by atoms with Gasteiger partial charge in [0.25, 0.3) is 8.32 Å². The Morgan fingerprint density at radius 3 is 1.88 bits per heavy atom. The number of nitrogens with zero attached hydrogens (tertiary/aromatic N) is 1. The summed E-state index contributed by atoms with van der Waals surface area (Å²) in [6.45, 7) is 13.6. The summed E-state index contributed by atoms with van der Waals surface area (Å²) < 4.78 is 21.6. The van der Waals surface area contributed by atoms with E-state index in [0.29, 0.717) is 12.3 Å². The van der Waals surface area contributed by atoms with E-state index < -0.39 is 8.32 Å². The van der Waals surface area contributed by atoms with Gasteiger partial charge in [0.05, 0.1) is 18.9 Å². The molecule has 0 atom stereocenters. The zero-order valence-electron chi connectivity index (χ0n) is 26.1. The fraction of sp³-hybridized carbons (Fsp3) is 0.378. The van der Waals surface area contributed by atoms with E-state index in [4.69, 9.17) is 9.41 Å². The lowest BCUT2D eigenvalue weighted by atomic mass is 9.87. The van der Waals surface area contributed by atoms with Crippen molar-refractivity contribution < 1.29 is 13.9 Å². The van der Waals surface area contributed by atoms with Gasteiger partial charge in [0.1, 0.15) is 5.82 Å². The number of halogens is 1. The molecule has 3 nitrogen and oxygen atoms in total. The van der Waals surface area contributed by atoms with Crippen LogP contribution in [0.1, 0.15) is 89.2 Å². The van der Waals surface area contributed by atoms with Crippen LogP contribution < -0.4 is 10.4 Å². The Balaban J connectivity index is 1.99. The van der Waals surface area contributed by atoms with Crippen LogP contribution >= 0.6 is 0 Å². The van der Waals surface area contributed by atoms with Crippen LogP contribution in [0.15, 0.2) is 84.9 Å². The highest BCUT2D eigenvalue weighted by atomic mass is 28.4. The number of hydrogen-bond donors (Lipinski definition) is 1. The van der Waals surface area contributed by atoms with E-state index in [9.17, 15) is 9.50 Å². The molecule has 0 aliphatic carbocycles. The van der Waals surface area contributed by atoms with Gasteiger partial charge < -0.3 is 9.53 Å². The van der Waals surface area contributed by atoms with Gasteiger partial charge >= 0.3 is 0 Å². The van der Waals surface area contributed by atoms with Crippen LogP contribution in [0.3, 0.4) is 0 Å². The maximum absolute atomic E-state index is 14.1. The summed E-state index contributed by atoms with van der Waals surface area (Å²) in [6.07, 6.45) is 3.98. The van der Waals surface area contributed by atoms with Gasteiger partial charge in [-0.1, -0.05) is 127 Å². The molecule has 1 aromatic heterocycles. The topological polar surface area (TPSA) is 42.4 Å². The van der Waals surface area contributed by atoms with E-state index in [2.05, 4.69) is 102 Å². The van der Waals surface area contributed by atoms with Crippen molar-refractivity contribution in [2.24, 2.45) is 0 Å². The standard InChI is InChI=1S/C37H46FNO2Si/c1-7-8-11-20-32-34(25-40)39-36(27(2)3)33(35(32)28-21-23-29(38)24-22-28)26-41-42(37(4,5)6,30-16-12-9-13-17-30)31-18-14-10-15-19-31/h9-10,12-19,21-24,27,40H,7-8,11,20,25-26H2,1-6H3. The molecule has 0 saturated carbocycles. The zero-order valence-corrected chi connectivity index (χ0v) is 27.1. The minimum absolute atomic E-state index is 0.108. The highest BCUT2D eigenvalue weighted by Gasteiger charge is 2.50. The Kier molecular flexibility index (Phi) is 10.5. The van der Waals surface area contributed by atoms with Crippen molar-refractivity contribution in [3.8, 4) is 11.1 Å². The second-order valence-corrected chi connectivity index (χ2v) is 16.8. The van der Waals surface area contributed by atoms with Gasteiger partial charge in [-0.2, -0.15) is 0 Å². The highest BCUT2D eigenvalue weighted by Crippen LogP contribution is 2.40. The summed E-state index contributed by atoms with van der Waals surface area (Å²) in [7, 11) is -2.83. The quantitative estimate of drug-likeness (QED) is 0.135. The first kappa shape index (κ1) is 31.8. The molecular formula is C37H46FNO2Si. The van der Waals surface area contributed by atoms with E-state index in [1.807, 2.05) is 12.1 Å². The van der Waals surface area contributed by atoms with Crippen LogP contribution in [0.5, 0.6) is 0 Å². The molecule has 0 unspecified atom stereocenters. The first-order valence-electron chi connectivity index (χ1n) is 15.3. The monoisotopic (exact) mass is 583 g/mol. The number of unbranched alkanes of at least 4 members (excludes halogenated alkanes) is 2. The van der Waals surface area contributed by atoms with Crippen molar-refractivity contribution in [3.05, 3.63) is 113 Å². The number of pyridine rings is 1. The average Bonchev–Trinajstić information content (AvgIpc) is 2.98. The summed E-state index contributed by atoms with van der Waals surface area (Å²) >= 11 is 0. The Hall–Kier alpha value is -3.12. The number of hydrogen-bond acceptors (Lipinski definition) is 3. The molecule has 1 heterocycles. The number of rotatable bonds is 12. The van der Waals surface area contributed by atoms with Crippen LogP contribution in [0.4, 0.5) is 4.39 Å². The summed E-state index contributed by atoms with van der Waals surface area (Å²) in [5, 5.41) is 12.8. The maximum atomic E-state index is 14.1. The smallest absolute Gasteiger partial charge is 0.261 e. The fourth-order valence-corrected chi connectivity index (χ4v) is 10.7. The first-order chi connectivity index (χ1) is 20.1. The zero-order chi connectivity index (χ0) is 30.3.